The Morgan fingerprint density at radius 3 is 2.61 bits per heavy atom. The maximum Gasteiger partial charge on any atom is 0.175 e. The molecule has 0 aliphatic carbocycles. The summed E-state index contributed by atoms with van der Waals surface area (Å²) in [6, 6.07) is 10.8. The minimum Gasteiger partial charge on any atom is -0.379 e. The van der Waals surface area contributed by atoms with Crippen LogP contribution in [-0.2, 0) is 23.4 Å². The maximum absolute atomic E-state index is 11.4. The van der Waals surface area contributed by atoms with Crippen LogP contribution in [0.5, 0.6) is 0 Å². The van der Waals surface area contributed by atoms with Crippen molar-refractivity contribution >= 4 is 15.5 Å². The minimum absolute atomic E-state index is 0.333. The Kier molecular flexibility index (Phi) is 3.43. The summed E-state index contributed by atoms with van der Waals surface area (Å²) in [6.45, 7) is 0.663. The van der Waals surface area contributed by atoms with E-state index in [2.05, 4.69) is 5.32 Å². The number of anilines is 1. The van der Waals surface area contributed by atoms with Crippen molar-refractivity contribution in [3.8, 4) is 0 Å². The second-order valence-corrected chi connectivity index (χ2v) is 6.28. The minimum atomic E-state index is -3.15. The van der Waals surface area contributed by atoms with Gasteiger partial charge in [0, 0.05) is 30.9 Å². The number of nitrogens with zero attached hydrogens (tertiary/aromatic N) is 1. The van der Waals surface area contributed by atoms with Gasteiger partial charge in [-0.15, -0.1) is 0 Å². The molecule has 0 aliphatic heterocycles. The zero-order valence-corrected chi connectivity index (χ0v) is 11.2. The van der Waals surface area contributed by atoms with Gasteiger partial charge in [0.15, 0.2) is 9.84 Å². The highest BCUT2D eigenvalue weighted by Gasteiger charge is 2.07. The SMILES string of the molecule is Cn1cccc1CNc1cccc(S(C)(=O)=O)c1. The average Bonchev–Trinajstić information content (AvgIpc) is 2.72. The van der Waals surface area contributed by atoms with Gasteiger partial charge in [-0.05, 0) is 30.3 Å². The molecule has 96 valence electrons. The second-order valence-electron chi connectivity index (χ2n) is 4.26. The van der Waals surface area contributed by atoms with Crippen molar-refractivity contribution < 1.29 is 8.42 Å². The molecule has 0 fully saturated rings. The van der Waals surface area contributed by atoms with Crippen LogP contribution in [0, 0.1) is 0 Å². The third-order valence-electron chi connectivity index (χ3n) is 2.79. The van der Waals surface area contributed by atoms with Crippen LogP contribution in [0.4, 0.5) is 5.69 Å². The number of benzene rings is 1. The van der Waals surface area contributed by atoms with E-state index in [1.165, 1.54) is 6.26 Å². The number of rotatable bonds is 4. The van der Waals surface area contributed by atoms with E-state index < -0.39 is 9.84 Å². The van der Waals surface area contributed by atoms with E-state index in [9.17, 15) is 8.42 Å². The topological polar surface area (TPSA) is 51.1 Å². The van der Waals surface area contributed by atoms with Crippen molar-refractivity contribution in [2.24, 2.45) is 7.05 Å². The Morgan fingerprint density at radius 1 is 1.22 bits per heavy atom. The van der Waals surface area contributed by atoms with Gasteiger partial charge in [-0.1, -0.05) is 6.07 Å². The molecule has 1 heterocycles. The molecule has 4 nitrogen and oxygen atoms in total. The summed E-state index contributed by atoms with van der Waals surface area (Å²) in [6.07, 6.45) is 3.19. The van der Waals surface area contributed by atoms with Crippen molar-refractivity contribution in [1.82, 2.24) is 4.57 Å². The molecule has 0 spiro atoms. The monoisotopic (exact) mass is 264 g/mol. The van der Waals surface area contributed by atoms with Crippen molar-refractivity contribution in [3.63, 3.8) is 0 Å². The van der Waals surface area contributed by atoms with Crippen LogP contribution >= 0.6 is 0 Å². The van der Waals surface area contributed by atoms with E-state index in [4.69, 9.17) is 0 Å². The number of hydrogen-bond acceptors (Lipinski definition) is 3. The van der Waals surface area contributed by atoms with Gasteiger partial charge in [-0.25, -0.2) is 8.42 Å². The van der Waals surface area contributed by atoms with Crippen LogP contribution in [0.1, 0.15) is 5.69 Å². The molecule has 0 bridgehead atoms. The molecule has 1 N–H and O–H groups in total. The molecule has 0 atom stereocenters. The highest BCUT2D eigenvalue weighted by molar-refractivity contribution is 7.90. The first-order chi connectivity index (χ1) is 8.47. The third-order valence-corrected chi connectivity index (χ3v) is 3.90. The van der Waals surface area contributed by atoms with Gasteiger partial charge >= 0.3 is 0 Å². The van der Waals surface area contributed by atoms with E-state index in [0.717, 1.165) is 11.4 Å². The predicted octanol–water partition coefficient (Wildman–Crippen LogP) is 2.04. The van der Waals surface area contributed by atoms with Crippen LogP contribution < -0.4 is 5.32 Å². The molecular weight excluding hydrogens is 248 g/mol. The molecule has 2 rings (SSSR count). The van der Waals surface area contributed by atoms with Crippen molar-refractivity contribution in [2.75, 3.05) is 11.6 Å². The molecule has 1 aromatic carbocycles. The summed E-state index contributed by atoms with van der Waals surface area (Å²) >= 11 is 0. The fourth-order valence-electron chi connectivity index (χ4n) is 1.71. The van der Waals surface area contributed by atoms with Crippen LogP contribution in [0.15, 0.2) is 47.5 Å². The van der Waals surface area contributed by atoms with Gasteiger partial charge in [0.2, 0.25) is 0 Å². The molecule has 0 aliphatic rings. The number of aryl methyl sites for hydroxylation is 1. The Hall–Kier alpha value is -1.75. The molecule has 0 saturated carbocycles. The molecular formula is C13H16N2O2S. The molecule has 2 aromatic rings. The van der Waals surface area contributed by atoms with E-state index in [1.54, 1.807) is 18.2 Å². The largest absolute Gasteiger partial charge is 0.379 e. The molecule has 0 radical (unpaired) electrons. The van der Waals surface area contributed by atoms with Gasteiger partial charge < -0.3 is 9.88 Å². The zero-order valence-electron chi connectivity index (χ0n) is 10.4. The summed E-state index contributed by atoms with van der Waals surface area (Å²) in [7, 11) is -1.17. The van der Waals surface area contributed by atoms with Gasteiger partial charge in [-0.3, -0.25) is 0 Å². The zero-order chi connectivity index (χ0) is 13.2. The number of sulfone groups is 1. The smallest absolute Gasteiger partial charge is 0.175 e. The summed E-state index contributed by atoms with van der Waals surface area (Å²) in [5, 5.41) is 3.22. The van der Waals surface area contributed by atoms with Crippen molar-refractivity contribution in [2.45, 2.75) is 11.4 Å². The fourth-order valence-corrected chi connectivity index (χ4v) is 2.38. The molecule has 0 amide bonds. The number of nitrogens with one attached hydrogen (secondary N) is 1. The van der Waals surface area contributed by atoms with Gasteiger partial charge in [-0.2, -0.15) is 0 Å². The van der Waals surface area contributed by atoms with E-state index in [-0.39, 0.29) is 0 Å². The van der Waals surface area contributed by atoms with Crippen LogP contribution in [0.3, 0.4) is 0 Å². The van der Waals surface area contributed by atoms with Gasteiger partial charge in [0.1, 0.15) is 0 Å². The van der Waals surface area contributed by atoms with Crippen molar-refractivity contribution in [1.29, 1.82) is 0 Å². The summed E-state index contributed by atoms with van der Waals surface area (Å²) < 4.78 is 24.9. The highest BCUT2D eigenvalue weighted by Crippen LogP contribution is 2.16. The molecule has 18 heavy (non-hydrogen) atoms. The van der Waals surface area contributed by atoms with Crippen molar-refractivity contribution in [3.05, 3.63) is 48.3 Å². The van der Waals surface area contributed by atoms with Gasteiger partial charge in [0.25, 0.3) is 0 Å². The van der Waals surface area contributed by atoms with E-state index in [1.807, 2.05) is 36.0 Å². The lowest BCUT2D eigenvalue weighted by Crippen LogP contribution is -2.05. The van der Waals surface area contributed by atoms with E-state index >= 15 is 0 Å². The lowest BCUT2D eigenvalue weighted by atomic mass is 10.3. The lowest BCUT2D eigenvalue weighted by Gasteiger charge is -2.08. The molecule has 5 heteroatoms. The Bertz CT molecular complexity index is 645. The second kappa shape index (κ2) is 4.86. The van der Waals surface area contributed by atoms with Crippen LogP contribution in [0.2, 0.25) is 0 Å². The number of hydrogen-bond donors (Lipinski definition) is 1. The first kappa shape index (κ1) is 12.7. The quantitative estimate of drug-likeness (QED) is 0.919. The van der Waals surface area contributed by atoms with E-state index in [0.29, 0.717) is 11.4 Å². The Balaban J connectivity index is 2.13. The summed E-state index contributed by atoms with van der Waals surface area (Å²) in [5.74, 6) is 0. The normalized spacial score (nSPS) is 11.4. The summed E-state index contributed by atoms with van der Waals surface area (Å²) in [5.41, 5.74) is 1.94. The Morgan fingerprint density at radius 2 is 2.00 bits per heavy atom. The molecule has 1 aromatic heterocycles. The fraction of sp³-hybridized carbons (Fsp3) is 0.231. The van der Waals surface area contributed by atoms with Crippen LogP contribution in [0.25, 0.3) is 0 Å². The standard InChI is InChI=1S/C13H16N2O2S/c1-15-8-4-6-12(15)10-14-11-5-3-7-13(9-11)18(2,16)17/h3-9,14H,10H2,1-2H3. The molecule has 0 unspecified atom stereocenters. The molecule has 0 saturated heterocycles. The first-order valence-corrected chi connectivity index (χ1v) is 7.50. The third kappa shape index (κ3) is 2.92. The van der Waals surface area contributed by atoms with Crippen LogP contribution in [-0.4, -0.2) is 19.2 Å². The summed E-state index contributed by atoms with van der Waals surface area (Å²) in [4.78, 5) is 0.333. The first-order valence-electron chi connectivity index (χ1n) is 5.61. The lowest BCUT2D eigenvalue weighted by molar-refractivity contribution is 0.602. The number of aromatic nitrogens is 1. The van der Waals surface area contributed by atoms with Gasteiger partial charge in [0.05, 0.1) is 11.4 Å². The Labute approximate surface area is 107 Å². The predicted molar refractivity (Wildman–Crippen MR) is 72.3 cm³/mol. The highest BCUT2D eigenvalue weighted by atomic mass is 32.2. The average molecular weight is 264 g/mol. The maximum atomic E-state index is 11.4.